The fourth-order valence-electron chi connectivity index (χ4n) is 2.41. The number of hydrogen-bond acceptors (Lipinski definition) is 4. The predicted molar refractivity (Wildman–Crippen MR) is 66.6 cm³/mol. The van der Waals surface area contributed by atoms with E-state index < -0.39 is 9.84 Å². The van der Waals surface area contributed by atoms with Gasteiger partial charge in [-0.3, -0.25) is 0 Å². The van der Waals surface area contributed by atoms with Gasteiger partial charge in [0.2, 0.25) is 0 Å². The first-order chi connectivity index (χ1) is 7.94. The average Bonchev–Trinajstić information content (AvgIpc) is 2.84. The lowest BCUT2D eigenvalue weighted by atomic mass is 9.99. The molecule has 0 spiro atoms. The monoisotopic (exact) mass is 257 g/mol. The van der Waals surface area contributed by atoms with Gasteiger partial charge in [0.1, 0.15) is 5.76 Å². The lowest BCUT2D eigenvalue weighted by Gasteiger charge is -2.29. The number of sulfone groups is 1. The molecule has 0 aliphatic carbocycles. The Morgan fingerprint density at radius 3 is 2.82 bits per heavy atom. The normalized spacial score (nSPS) is 29.3. The van der Waals surface area contributed by atoms with Crippen LogP contribution in [-0.4, -0.2) is 25.5 Å². The van der Waals surface area contributed by atoms with Gasteiger partial charge in [-0.25, -0.2) is 8.42 Å². The van der Waals surface area contributed by atoms with Gasteiger partial charge in [0.25, 0.3) is 0 Å². The van der Waals surface area contributed by atoms with Gasteiger partial charge in [-0.1, -0.05) is 6.92 Å². The van der Waals surface area contributed by atoms with Crippen molar-refractivity contribution in [2.45, 2.75) is 38.3 Å². The van der Waals surface area contributed by atoms with E-state index >= 15 is 0 Å². The third-order valence-electron chi connectivity index (χ3n) is 3.32. The van der Waals surface area contributed by atoms with Crippen molar-refractivity contribution in [1.29, 1.82) is 0 Å². The van der Waals surface area contributed by atoms with Crippen LogP contribution in [0.3, 0.4) is 0 Å². The van der Waals surface area contributed by atoms with Crippen molar-refractivity contribution in [3.05, 3.63) is 24.2 Å². The van der Waals surface area contributed by atoms with Gasteiger partial charge >= 0.3 is 0 Å². The van der Waals surface area contributed by atoms with Crippen molar-refractivity contribution in [2.75, 3.05) is 11.5 Å². The molecule has 96 valence electrons. The van der Waals surface area contributed by atoms with Crippen LogP contribution in [0.25, 0.3) is 0 Å². The van der Waals surface area contributed by atoms with E-state index in [4.69, 9.17) is 4.42 Å². The van der Waals surface area contributed by atoms with E-state index in [1.165, 1.54) is 0 Å². The zero-order valence-corrected chi connectivity index (χ0v) is 11.1. The van der Waals surface area contributed by atoms with Crippen molar-refractivity contribution in [1.82, 2.24) is 5.32 Å². The maximum Gasteiger partial charge on any atom is 0.152 e. The molecule has 2 rings (SSSR count). The van der Waals surface area contributed by atoms with Crippen molar-refractivity contribution in [3.63, 3.8) is 0 Å². The molecular weight excluding hydrogens is 238 g/mol. The van der Waals surface area contributed by atoms with Crippen LogP contribution in [-0.2, 0) is 9.84 Å². The summed E-state index contributed by atoms with van der Waals surface area (Å²) in [6.07, 6.45) is 3.20. The van der Waals surface area contributed by atoms with Crippen LogP contribution < -0.4 is 5.32 Å². The smallest absolute Gasteiger partial charge is 0.152 e. The third kappa shape index (κ3) is 2.90. The second kappa shape index (κ2) is 4.46. The average molecular weight is 257 g/mol. The van der Waals surface area contributed by atoms with Gasteiger partial charge < -0.3 is 9.73 Å². The molecule has 0 bridgehead atoms. The molecule has 0 amide bonds. The SMILES string of the molecule is CCC(NC1(C)CCS(=O)(=O)C1)c1ccco1. The standard InChI is InChI=1S/C12H19NO3S/c1-3-10(11-5-4-7-16-11)13-12(2)6-8-17(14,15)9-12/h4-5,7,10,13H,3,6,8-9H2,1-2H3. The van der Waals surface area contributed by atoms with E-state index in [1.807, 2.05) is 19.1 Å². The number of rotatable bonds is 4. The molecule has 1 saturated heterocycles. The molecule has 4 nitrogen and oxygen atoms in total. The molecule has 1 aliphatic heterocycles. The van der Waals surface area contributed by atoms with Crippen LogP contribution >= 0.6 is 0 Å². The van der Waals surface area contributed by atoms with Gasteiger partial charge in [0.05, 0.1) is 23.8 Å². The first-order valence-electron chi connectivity index (χ1n) is 5.96. The molecule has 1 aromatic rings. The molecule has 2 unspecified atom stereocenters. The molecule has 1 aliphatic rings. The molecule has 0 aromatic carbocycles. The molecule has 2 atom stereocenters. The molecule has 1 N–H and O–H groups in total. The molecule has 1 aromatic heterocycles. The lowest BCUT2D eigenvalue weighted by molar-refractivity contribution is 0.304. The Balaban J connectivity index is 2.10. The summed E-state index contributed by atoms with van der Waals surface area (Å²) in [5, 5.41) is 3.43. The summed E-state index contributed by atoms with van der Waals surface area (Å²) in [5.41, 5.74) is -0.327. The summed E-state index contributed by atoms with van der Waals surface area (Å²) in [4.78, 5) is 0. The van der Waals surface area contributed by atoms with Crippen LogP contribution in [0.1, 0.15) is 38.5 Å². The van der Waals surface area contributed by atoms with E-state index in [0.717, 1.165) is 12.2 Å². The minimum atomic E-state index is -2.87. The van der Waals surface area contributed by atoms with E-state index in [2.05, 4.69) is 12.2 Å². The van der Waals surface area contributed by atoms with Crippen LogP contribution in [0, 0.1) is 0 Å². The van der Waals surface area contributed by atoms with Crippen molar-refractivity contribution >= 4 is 9.84 Å². The summed E-state index contributed by atoms with van der Waals surface area (Å²) >= 11 is 0. The van der Waals surface area contributed by atoms with Gasteiger partial charge in [-0.2, -0.15) is 0 Å². The number of hydrogen-bond donors (Lipinski definition) is 1. The molecule has 2 heterocycles. The van der Waals surface area contributed by atoms with E-state index in [-0.39, 0.29) is 23.1 Å². The predicted octanol–water partition coefficient (Wildman–Crippen LogP) is 1.90. The first-order valence-corrected chi connectivity index (χ1v) is 7.78. The van der Waals surface area contributed by atoms with Crippen molar-refractivity contribution in [3.8, 4) is 0 Å². The number of furan rings is 1. The third-order valence-corrected chi connectivity index (χ3v) is 5.22. The lowest BCUT2D eigenvalue weighted by Crippen LogP contribution is -2.45. The Labute approximate surface area is 102 Å². The highest BCUT2D eigenvalue weighted by Gasteiger charge is 2.39. The van der Waals surface area contributed by atoms with Crippen LogP contribution in [0.2, 0.25) is 0 Å². The van der Waals surface area contributed by atoms with Crippen molar-refractivity contribution in [2.24, 2.45) is 0 Å². The maximum absolute atomic E-state index is 11.5. The Bertz CT molecular complexity index is 466. The quantitative estimate of drug-likeness (QED) is 0.895. The topological polar surface area (TPSA) is 59.3 Å². The Morgan fingerprint density at radius 2 is 2.35 bits per heavy atom. The molecule has 17 heavy (non-hydrogen) atoms. The molecule has 0 saturated carbocycles. The molecule has 1 fully saturated rings. The second-order valence-electron chi connectivity index (χ2n) is 5.02. The van der Waals surface area contributed by atoms with Crippen LogP contribution in [0.5, 0.6) is 0 Å². The van der Waals surface area contributed by atoms with Crippen LogP contribution in [0.4, 0.5) is 0 Å². The van der Waals surface area contributed by atoms with E-state index in [0.29, 0.717) is 6.42 Å². The highest BCUT2D eigenvalue weighted by atomic mass is 32.2. The highest BCUT2D eigenvalue weighted by molar-refractivity contribution is 7.91. The minimum absolute atomic E-state index is 0.0864. The minimum Gasteiger partial charge on any atom is -0.468 e. The van der Waals surface area contributed by atoms with Gasteiger partial charge in [-0.15, -0.1) is 0 Å². The van der Waals surface area contributed by atoms with Gasteiger partial charge in [0.15, 0.2) is 9.84 Å². The van der Waals surface area contributed by atoms with Gasteiger partial charge in [0, 0.05) is 5.54 Å². The Kier molecular flexibility index (Phi) is 3.32. The van der Waals surface area contributed by atoms with E-state index in [9.17, 15) is 8.42 Å². The van der Waals surface area contributed by atoms with E-state index in [1.54, 1.807) is 6.26 Å². The highest BCUT2D eigenvalue weighted by Crippen LogP contribution is 2.28. The fourth-order valence-corrected chi connectivity index (χ4v) is 4.51. The number of nitrogens with one attached hydrogen (secondary N) is 1. The summed E-state index contributed by atoms with van der Waals surface area (Å²) < 4.78 is 28.5. The summed E-state index contributed by atoms with van der Waals surface area (Å²) in [6, 6.07) is 3.87. The zero-order chi connectivity index (χ0) is 12.5. The zero-order valence-electron chi connectivity index (χ0n) is 10.3. The molecular formula is C12H19NO3S. The Morgan fingerprint density at radius 1 is 1.59 bits per heavy atom. The summed E-state index contributed by atoms with van der Waals surface area (Å²) in [6.45, 7) is 4.04. The molecule has 5 heteroatoms. The first kappa shape index (κ1) is 12.6. The molecule has 0 radical (unpaired) electrons. The van der Waals surface area contributed by atoms with Crippen molar-refractivity contribution < 1.29 is 12.8 Å². The Hall–Kier alpha value is -0.810. The fraction of sp³-hybridized carbons (Fsp3) is 0.667. The van der Waals surface area contributed by atoms with Gasteiger partial charge in [-0.05, 0) is 31.9 Å². The second-order valence-corrected chi connectivity index (χ2v) is 7.21. The largest absolute Gasteiger partial charge is 0.468 e. The maximum atomic E-state index is 11.5. The van der Waals surface area contributed by atoms with Crippen LogP contribution in [0.15, 0.2) is 22.8 Å². The summed E-state index contributed by atoms with van der Waals surface area (Å²) in [5.74, 6) is 1.38. The summed E-state index contributed by atoms with van der Waals surface area (Å²) in [7, 11) is -2.87.